The second-order valence-electron chi connectivity index (χ2n) is 4.86. The lowest BCUT2D eigenvalue weighted by molar-refractivity contribution is 0.189. The molecule has 5 nitrogen and oxygen atoms in total. The highest BCUT2D eigenvalue weighted by Gasteiger charge is 2.31. The number of nitrogens with zero attached hydrogens (tertiary/aromatic N) is 3. The lowest BCUT2D eigenvalue weighted by Crippen LogP contribution is -2.49. The topological polar surface area (TPSA) is 48.5 Å². The highest BCUT2D eigenvalue weighted by atomic mass is 16.2. The molecule has 2 aliphatic heterocycles. The van der Waals surface area contributed by atoms with E-state index in [1.54, 1.807) is 0 Å². The molecule has 2 aliphatic rings. The van der Waals surface area contributed by atoms with Crippen molar-refractivity contribution in [1.29, 1.82) is 0 Å². The summed E-state index contributed by atoms with van der Waals surface area (Å²) in [6, 6.07) is 6.38. The molecule has 5 heteroatoms. The van der Waals surface area contributed by atoms with Crippen molar-refractivity contribution in [3.63, 3.8) is 0 Å². The summed E-state index contributed by atoms with van der Waals surface area (Å²) in [5.74, 6) is 1.02. The zero-order valence-corrected chi connectivity index (χ0v) is 10.4. The van der Waals surface area contributed by atoms with Crippen LogP contribution in [-0.4, -0.2) is 48.1 Å². The van der Waals surface area contributed by atoms with Crippen LogP contribution >= 0.6 is 0 Å². The normalized spacial score (nSPS) is 24.2. The van der Waals surface area contributed by atoms with E-state index < -0.39 is 0 Å². The van der Waals surface area contributed by atoms with Crippen molar-refractivity contribution in [3.8, 4) is 0 Å². The third kappa shape index (κ3) is 2.12. The van der Waals surface area contributed by atoms with Crippen molar-refractivity contribution in [1.82, 2.24) is 15.2 Å². The van der Waals surface area contributed by atoms with Gasteiger partial charge in [-0.2, -0.15) is 0 Å². The molecule has 0 spiro atoms. The number of hydrogen-bond acceptors (Lipinski definition) is 3. The van der Waals surface area contributed by atoms with Crippen LogP contribution in [0, 0.1) is 0 Å². The first kappa shape index (κ1) is 11.3. The fourth-order valence-electron chi connectivity index (χ4n) is 2.79. The van der Waals surface area contributed by atoms with Crippen LogP contribution in [0.1, 0.15) is 12.8 Å². The van der Waals surface area contributed by atoms with E-state index >= 15 is 0 Å². The van der Waals surface area contributed by atoms with Gasteiger partial charge in [0.2, 0.25) is 0 Å². The summed E-state index contributed by atoms with van der Waals surface area (Å²) in [4.78, 5) is 20.3. The minimum atomic E-state index is 0.0860. The number of carbonyl (C=O) groups is 1. The maximum atomic E-state index is 11.7. The van der Waals surface area contributed by atoms with Gasteiger partial charge in [0.15, 0.2) is 0 Å². The number of carbonyl (C=O) groups excluding carboxylic acids is 1. The molecule has 3 rings (SSSR count). The Morgan fingerprint density at radius 3 is 3.00 bits per heavy atom. The molecule has 0 radical (unpaired) electrons. The number of pyridine rings is 1. The first-order valence-corrected chi connectivity index (χ1v) is 6.55. The molecule has 0 saturated carbocycles. The van der Waals surface area contributed by atoms with Gasteiger partial charge >= 0.3 is 6.03 Å². The number of nitrogens with one attached hydrogen (secondary N) is 1. The van der Waals surface area contributed by atoms with Gasteiger partial charge in [0.25, 0.3) is 0 Å². The Morgan fingerprint density at radius 1 is 1.33 bits per heavy atom. The van der Waals surface area contributed by atoms with Crippen molar-refractivity contribution in [2.45, 2.75) is 18.9 Å². The summed E-state index contributed by atoms with van der Waals surface area (Å²) < 4.78 is 0. The molecule has 0 aromatic carbocycles. The number of anilines is 1. The molecular formula is C13H18N4O. The SMILES string of the molecule is O=C1NCCN1C1CCCN(c2ccccn2)C1. The van der Waals surface area contributed by atoms with Gasteiger partial charge in [0, 0.05) is 32.4 Å². The third-order valence-corrected chi connectivity index (χ3v) is 3.70. The van der Waals surface area contributed by atoms with Crippen LogP contribution in [0.4, 0.5) is 10.6 Å². The summed E-state index contributed by atoms with van der Waals surface area (Å²) in [6.07, 6.45) is 4.03. The predicted molar refractivity (Wildman–Crippen MR) is 69.6 cm³/mol. The first-order chi connectivity index (χ1) is 8.84. The molecule has 2 amide bonds. The van der Waals surface area contributed by atoms with Crippen LogP contribution in [0.25, 0.3) is 0 Å². The van der Waals surface area contributed by atoms with Crippen LogP contribution in [0.5, 0.6) is 0 Å². The summed E-state index contributed by atoms with van der Waals surface area (Å²) in [5, 5.41) is 2.87. The smallest absolute Gasteiger partial charge is 0.317 e. The maximum Gasteiger partial charge on any atom is 0.317 e. The first-order valence-electron chi connectivity index (χ1n) is 6.55. The van der Waals surface area contributed by atoms with Gasteiger partial charge in [-0.1, -0.05) is 6.07 Å². The molecule has 1 unspecified atom stereocenters. The molecule has 1 atom stereocenters. The lowest BCUT2D eigenvalue weighted by atomic mass is 10.0. The van der Waals surface area contributed by atoms with E-state index in [0.717, 1.165) is 44.8 Å². The Kier molecular flexibility index (Phi) is 3.04. The van der Waals surface area contributed by atoms with Gasteiger partial charge in [-0.3, -0.25) is 0 Å². The number of aromatic nitrogens is 1. The van der Waals surface area contributed by atoms with Crippen molar-refractivity contribution in [2.24, 2.45) is 0 Å². The standard InChI is InChI=1S/C13H18N4O/c18-13-15-7-9-17(13)11-4-3-8-16(10-11)12-5-1-2-6-14-12/h1-2,5-6,11H,3-4,7-10H2,(H,15,18). The van der Waals surface area contributed by atoms with Crippen LogP contribution in [-0.2, 0) is 0 Å². The molecule has 3 heterocycles. The Morgan fingerprint density at radius 2 is 2.28 bits per heavy atom. The lowest BCUT2D eigenvalue weighted by Gasteiger charge is -2.37. The highest BCUT2D eigenvalue weighted by molar-refractivity contribution is 5.76. The maximum absolute atomic E-state index is 11.7. The highest BCUT2D eigenvalue weighted by Crippen LogP contribution is 2.21. The second-order valence-corrected chi connectivity index (χ2v) is 4.86. The Balaban J connectivity index is 1.70. The summed E-state index contributed by atoms with van der Waals surface area (Å²) in [6.45, 7) is 3.53. The van der Waals surface area contributed by atoms with Gasteiger partial charge in [0.1, 0.15) is 5.82 Å². The number of hydrogen-bond donors (Lipinski definition) is 1. The predicted octanol–water partition coefficient (Wildman–Crippen LogP) is 1.08. The second kappa shape index (κ2) is 4.84. The van der Waals surface area contributed by atoms with E-state index in [0.29, 0.717) is 6.04 Å². The Labute approximate surface area is 107 Å². The molecule has 1 aromatic rings. The van der Waals surface area contributed by atoms with Gasteiger partial charge in [-0.05, 0) is 25.0 Å². The van der Waals surface area contributed by atoms with E-state index in [-0.39, 0.29) is 6.03 Å². The van der Waals surface area contributed by atoms with E-state index in [1.807, 2.05) is 29.3 Å². The van der Waals surface area contributed by atoms with Crippen molar-refractivity contribution < 1.29 is 4.79 Å². The fourth-order valence-corrected chi connectivity index (χ4v) is 2.79. The summed E-state index contributed by atoms with van der Waals surface area (Å²) in [7, 11) is 0. The van der Waals surface area contributed by atoms with Crippen molar-refractivity contribution in [3.05, 3.63) is 24.4 Å². The zero-order chi connectivity index (χ0) is 12.4. The monoisotopic (exact) mass is 246 g/mol. The van der Waals surface area contributed by atoms with E-state index in [9.17, 15) is 4.79 Å². The molecule has 18 heavy (non-hydrogen) atoms. The van der Waals surface area contributed by atoms with Gasteiger partial charge in [-0.15, -0.1) is 0 Å². The van der Waals surface area contributed by atoms with Crippen LogP contribution in [0.3, 0.4) is 0 Å². The summed E-state index contributed by atoms with van der Waals surface area (Å²) in [5.41, 5.74) is 0. The van der Waals surface area contributed by atoms with Gasteiger partial charge < -0.3 is 15.1 Å². The molecular weight excluding hydrogens is 228 g/mol. The molecule has 0 aliphatic carbocycles. The number of urea groups is 1. The van der Waals surface area contributed by atoms with Crippen LogP contribution < -0.4 is 10.2 Å². The zero-order valence-electron chi connectivity index (χ0n) is 10.4. The minimum absolute atomic E-state index is 0.0860. The van der Waals surface area contributed by atoms with E-state index in [4.69, 9.17) is 0 Å². The molecule has 1 N–H and O–H groups in total. The summed E-state index contributed by atoms with van der Waals surface area (Å²) >= 11 is 0. The van der Waals surface area contributed by atoms with Gasteiger partial charge in [0.05, 0.1) is 6.04 Å². The van der Waals surface area contributed by atoms with Crippen molar-refractivity contribution in [2.75, 3.05) is 31.1 Å². The molecule has 0 bridgehead atoms. The van der Waals surface area contributed by atoms with E-state index in [2.05, 4.69) is 15.2 Å². The van der Waals surface area contributed by atoms with Crippen LogP contribution in [0.15, 0.2) is 24.4 Å². The van der Waals surface area contributed by atoms with Crippen molar-refractivity contribution >= 4 is 11.8 Å². The molecule has 96 valence electrons. The quantitative estimate of drug-likeness (QED) is 0.849. The average molecular weight is 246 g/mol. The average Bonchev–Trinajstić information content (AvgIpc) is 2.86. The fraction of sp³-hybridized carbons (Fsp3) is 0.538. The number of rotatable bonds is 2. The number of amides is 2. The molecule has 1 aromatic heterocycles. The number of piperidine rings is 1. The molecule has 2 fully saturated rings. The van der Waals surface area contributed by atoms with E-state index in [1.165, 1.54) is 0 Å². The molecule has 2 saturated heterocycles. The van der Waals surface area contributed by atoms with Gasteiger partial charge in [-0.25, -0.2) is 9.78 Å². The minimum Gasteiger partial charge on any atom is -0.355 e. The Hall–Kier alpha value is -1.78. The van der Waals surface area contributed by atoms with Crippen LogP contribution in [0.2, 0.25) is 0 Å². The third-order valence-electron chi connectivity index (χ3n) is 3.70. The Bertz CT molecular complexity index is 422. The largest absolute Gasteiger partial charge is 0.355 e.